The normalized spacial score (nSPS) is 6.44. The first-order valence-electron chi connectivity index (χ1n) is 2.17. The summed E-state index contributed by atoms with van der Waals surface area (Å²) in [6, 6.07) is 0. The van der Waals surface area contributed by atoms with Crippen molar-refractivity contribution >= 4 is 69.8 Å². The van der Waals surface area contributed by atoms with Gasteiger partial charge in [-0.3, -0.25) is 4.79 Å². The Kier molecular flexibility index (Phi) is 22.5. The van der Waals surface area contributed by atoms with Crippen molar-refractivity contribution in [1.29, 1.82) is 0 Å². The monoisotopic (exact) mass is 179 g/mol. The third kappa shape index (κ3) is 12.5. The SMILES string of the molecule is CCOC(=O)CN.Cl.[KH]. The van der Waals surface area contributed by atoms with Crippen molar-refractivity contribution in [2.45, 2.75) is 6.92 Å². The summed E-state index contributed by atoms with van der Waals surface area (Å²) in [4.78, 5) is 10.1. The van der Waals surface area contributed by atoms with Crippen molar-refractivity contribution in [3.8, 4) is 0 Å². The molecule has 9 heavy (non-hydrogen) atoms. The summed E-state index contributed by atoms with van der Waals surface area (Å²) < 4.78 is 4.43. The molecule has 0 aliphatic carbocycles. The topological polar surface area (TPSA) is 52.3 Å². The summed E-state index contributed by atoms with van der Waals surface area (Å²) in [5.41, 5.74) is 4.88. The number of esters is 1. The number of carbonyl (C=O) groups excluding carboxylic acids is 1. The molecule has 0 amide bonds. The molecule has 0 aliphatic rings. The van der Waals surface area contributed by atoms with Crippen molar-refractivity contribution in [2.24, 2.45) is 5.73 Å². The van der Waals surface area contributed by atoms with Gasteiger partial charge in [0.1, 0.15) is 0 Å². The predicted molar refractivity (Wildman–Crippen MR) is 40.1 cm³/mol. The minimum absolute atomic E-state index is 0. The van der Waals surface area contributed by atoms with Gasteiger partial charge in [-0.2, -0.15) is 0 Å². The van der Waals surface area contributed by atoms with Crippen LogP contribution < -0.4 is 5.73 Å². The van der Waals surface area contributed by atoms with Gasteiger partial charge in [-0.15, -0.1) is 12.4 Å². The van der Waals surface area contributed by atoms with E-state index in [9.17, 15) is 4.79 Å². The van der Waals surface area contributed by atoms with Gasteiger partial charge in [-0.25, -0.2) is 0 Å². The van der Waals surface area contributed by atoms with E-state index in [2.05, 4.69) is 4.74 Å². The molecule has 0 bridgehead atoms. The van der Waals surface area contributed by atoms with Gasteiger partial charge in [0.15, 0.2) is 0 Å². The number of rotatable bonds is 2. The first-order chi connectivity index (χ1) is 3.31. The van der Waals surface area contributed by atoms with E-state index >= 15 is 0 Å². The van der Waals surface area contributed by atoms with Crippen LogP contribution in [-0.2, 0) is 9.53 Å². The molecule has 0 unspecified atom stereocenters. The number of halogens is 1. The quantitative estimate of drug-likeness (QED) is 0.450. The van der Waals surface area contributed by atoms with Gasteiger partial charge in [0.2, 0.25) is 0 Å². The molecule has 0 aliphatic heterocycles. The Bertz CT molecular complexity index is 71.6. The Morgan fingerprint density at radius 3 is 2.22 bits per heavy atom. The van der Waals surface area contributed by atoms with Crippen LogP contribution in [0.1, 0.15) is 6.92 Å². The van der Waals surface area contributed by atoms with Gasteiger partial charge in [0.25, 0.3) is 0 Å². The Morgan fingerprint density at radius 1 is 1.67 bits per heavy atom. The van der Waals surface area contributed by atoms with Gasteiger partial charge in [-0.05, 0) is 6.92 Å². The van der Waals surface area contributed by atoms with Gasteiger partial charge in [0, 0.05) is 0 Å². The zero-order valence-electron chi connectivity index (χ0n) is 4.72. The van der Waals surface area contributed by atoms with Crippen LogP contribution in [0.15, 0.2) is 0 Å². The van der Waals surface area contributed by atoms with E-state index in [1.807, 2.05) is 0 Å². The predicted octanol–water partition coefficient (Wildman–Crippen LogP) is -0.718. The van der Waals surface area contributed by atoms with E-state index in [-0.39, 0.29) is 76.3 Å². The molecule has 0 radical (unpaired) electrons. The summed E-state index contributed by atoms with van der Waals surface area (Å²) in [7, 11) is 0. The Balaban J connectivity index is -0.000000180. The molecule has 52 valence electrons. The first-order valence-corrected chi connectivity index (χ1v) is 2.17. The van der Waals surface area contributed by atoms with Crippen LogP contribution in [0.5, 0.6) is 0 Å². The number of carbonyl (C=O) groups is 1. The van der Waals surface area contributed by atoms with Crippen LogP contribution in [0.3, 0.4) is 0 Å². The Labute approximate surface area is 104 Å². The fourth-order valence-electron chi connectivity index (χ4n) is 0.220. The van der Waals surface area contributed by atoms with Crippen LogP contribution in [0.2, 0.25) is 0 Å². The third-order valence-corrected chi connectivity index (χ3v) is 0.472. The number of hydrogen-bond donors (Lipinski definition) is 1. The van der Waals surface area contributed by atoms with Crippen molar-refractivity contribution < 1.29 is 9.53 Å². The summed E-state index contributed by atoms with van der Waals surface area (Å²) in [6.45, 7) is 2.14. The molecular weight excluding hydrogens is 169 g/mol. The Morgan fingerprint density at radius 2 is 2.11 bits per heavy atom. The standard InChI is InChI=1S/C4H9NO2.ClH.K.H/c1-2-7-4(6)3-5;;;/h2-3,5H2,1H3;1H;;. The number of hydrogen-bond acceptors (Lipinski definition) is 3. The van der Waals surface area contributed by atoms with Gasteiger partial charge in [-0.1, -0.05) is 0 Å². The summed E-state index contributed by atoms with van der Waals surface area (Å²) in [6.07, 6.45) is 0. The first kappa shape index (κ1) is 16.8. The molecule has 0 saturated carbocycles. The van der Waals surface area contributed by atoms with Gasteiger partial charge in [0.05, 0.1) is 13.2 Å². The maximum absolute atomic E-state index is 10.1. The van der Waals surface area contributed by atoms with Gasteiger partial charge >= 0.3 is 57.4 Å². The van der Waals surface area contributed by atoms with Crippen LogP contribution in [0.4, 0.5) is 0 Å². The zero-order chi connectivity index (χ0) is 5.70. The van der Waals surface area contributed by atoms with Crippen LogP contribution in [0, 0.1) is 0 Å². The molecular formula is C4H11ClKNO2. The second-order valence-electron chi connectivity index (χ2n) is 1.01. The van der Waals surface area contributed by atoms with Gasteiger partial charge < -0.3 is 10.5 Å². The molecule has 5 heteroatoms. The molecule has 0 spiro atoms. The minimum atomic E-state index is -0.345. The molecule has 0 atom stereocenters. The third-order valence-electron chi connectivity index (χ3n) is 0.472. The molecule has 3 nitrogen and oxygen atoms in total. The molecule has 0 heterocycles. The van der Waals surface area contributed by atoms with Crippen molar-refractivity contribution in [3.05, 3.63) is 0 Å². The Hall–Kier alpha value is 1.36. The maximum atomic E-state index is 10.1. The van der Waals surface area contributed by atoms with Crippen LogP contribution >= 0.6 is 12.4 Å². The summed E-state index contributed by atoms with van der Waals surface area (Å²) in [5.74, 6) is -0.345. The zero-order valence-corrected chi connectivity index (χ0v) is 5.53. The van der Waals surface area contributed by atoms with E-state index in [4.69, 9.17) is 5.73 Å². The van der Waals surface area contributed by atoms with Crippen molar-refractivity contribution in [2.75, 3.05) is 13.2 Å². The summed E-state index contributed by atoms with van der Waals surface area (Å²) in [5, 5.41) is 0. The van der Waals surface area contributed by atoms with E-state index in [1.54, 1.807) is 6.92 Å². The summed E-state index contributed by atoms with van der Waals surface area (Å²) >= 11 is 0. The molecule has 0 aromatic carbocycles. The van der Waals surface area contributed by atoms with Crippen LogP contribution in [-0.4, -0.2) is 70.5 Å². The average molecular weight is 180 g/mol. The van der Waals surface area contributed by atoms with Crippen molar-refractivity contribution in [3.63, 3.8) is 0 Å². The van der Waals surface area contributed by atoms with E-state index < -0.39 is 0 Å². The second kappa shape index (κ2) is 12.1. The average Bonchev–Trinajstić information content (AvgIpc) is 1.68. The van der Waals surface area contributed by atoms with E-state index in [0.29, 0.717) is 6.61 Å². The molecule has 0 aromatic heterocycles. The molecule has 0 fully saturated rings. The second-order valence-corrected chi connectivity index (χ2v) is 1.01. The molecule has 0 aromatic rings. The molecule has 2 N–H and O–H groups in total. The fourth-order valence-corrected chi connectivity index (χ4v) is 0.220. The number of ether oxygens (including phenoxy) is 1. The van der Waals surface area contributed by atoms with Crippen LogP contribution in [0.25, 0.3) is 0 Å². The molecule has 0 saturated heterocycles. The molecule has 0 rings (SSSR count). The van der Waals surface area contributed by atoms with E-state index in [0.717, 1.165) is 0 Å². The fraction of sp³-hybridized carbons (Fsp3) is 0.750. The van der Waals surface area contributed by atoms with E-state index in [1.165, 1.54) is 0 Å². The van der Waals surface area contributed by atoms with Crippen molar-refractivity contribution in [1.82, 2.24) is 0 Å². The number of nitrogens with two attached hydrogens (primary N) is 1.